The molecule has 0 amide bonds. The standard InChI is InChI=1S/C14H24N2OS/c1-10-5-7-14(15,8-6-10)12-16-11(9-18-12)13(2,3)17-4/h9-10H,5-8,15H2,1-4H3. The number of methoxy groups -OCH3 is 1. The summed E-state index contributed by atoms with van der Waals surface area (Å²) in [5.74, 6) is 0.802. The Kier molecular flexibility index (Phi) is 3.81. The number of nitrogens with two attached hydrogens (primary N) is 1. The van der Waals surface area contributed by atoms with E-state index in [0.29, 0.717) is 0 Å². The highest BCUT2D eigenvalue weighted by Crippen LogP contribution is 2.39. The molecule has 3 nitrogen and oxygen atoms in total. The van der Waals surface area contributed by atoms with Gasteiger partial charge in [-0.2, -0.15) is 0 Å². The van der Waals surface area contributed by atoms with Crippen LogP contribution in [0, 0.1) is 5.92 Å². The minimum Gasteiger partial charge on any atom is -0.372 e. The quantitative estimate of drug-likeness (QED) is 0.914. The summed E-state index contributed by atoms with van der Waals surface area (Å²) in [7, 11) is 1.72. The van der Waals surface area contributed by atoms with E-state index in [4.69, 9.17) is 15.5 Å². The number of hydrogen-bond acceptors (Lipinski definition) is 4. The molecule has 2 rings (SSSR count). The van der Waals surface area contributed by atoms with Crippen LogP contribution in [0.3, 0.4) is 0 Å². The van der Waals surface area contributed by atoms with Crippen molar-refractivity contribution >= 4 is 11.3 Å². The van der Waals surface area contributed by atoms with Gasteiger partial charge in [0.25, 0.3) is 0 Å². The zero-order valence-corrected chi connectivity index (χ0v) is 12.6. The van der Waals surface area contributed by atoms with Crippen molar-refractivity contribution in [2.75, 3.05) is 7.11 Å². The van der Waals surface area contributed by atoms with Gasteiger partial charge in [0.05, 0.1) is 11.2 Å². The number of aromatic nitrogens is 1. The third-order valence-corrected chi connectivity index (χ3v) is 5.29. The van der Waals surface area contributed by atoms with Crippen molar-refractivity contribution in [3.63, 3.8) is 0 Å². The van der Waals surface area contributed by atoms with Gasteiger partial charge >= 0.3 is 0 Å². The maximum Gasteiger partial charge on any atom is 0.113 e. The maximum absolute atomic E-state index is 6.55. The molecule has 4 heteroatoms. The summed E-state index contributed by atoms with van der Waals surface area (Å²) in [4.78, 5) is 4.74. The molecule has 0 saturated heterocycles. The second-order valence-electron chi connectivity index (χ2n) is 6.09. The number of nitrogens with zero attached hydrogens (tertiary/aromatic N) is 1. The Labute approximate surface area is 114 Å². The van der Waals surface area contributed by atoms with E-state index in [1.54, 1.807) is 18.4 Å². The second-order valence-corrected chi connectivity index (χ2v) is 6.95. The van der Waals surface area contributed by atoms with Crippen LogP contribution in [0.1, 0.15) is 57.2 Å². The Morgan fingerprint density at radius 3 is 2.61 bits per heavy atom. The molecule has 0 unspecified atom stereocenters. The lowest BCUT2D eigenvalue weighted by molar-refractivity contribution is 0.0157. The SMILES string of the molecule is COC(C)(C)c1csc(C2(N)CCC(C)CC2)n1. The molecule has 0 atom stereocenters. The molecule has 1 aromatic heterocycles. The smallest absolute Gasteiger partial charge is 0.113 e. The highest BCUT2D eigenvalue weighted by atomic mass is 32.1. The van der Waals surface area contributed by atoms with Crippen LogP contribution in [-0.2, 0) is 15.9 Å². The van der Waals surface area contributed by atoms with E-state index >= 15 is 0 Å². The van der Waals surface area contributed by atoms with Crippen LogP contribution < -0.4 is 5.73 Å². The molecule has 0 aromatic carbocycles. The Bertz CT molecular complexity index is 406. The number of rotatable bonds is 3. The average Bonchev–Trinajstić information content (AvgIpc) is 2.84. The lowest BCUT2D eigenvalue weighted by atomic mass is 9.78. The van der Waals surface area contributed by atoms with Gasteiger partial charge < -0.3 is 10.5 Å². The summed E-state index contributed by atoms with van der Waals surface area (Å²) in [5.41, 5.74) is 7.01. The van der Waals surface area contributed by atoms with Crippen LogP contribution in [0.5, 0.6) is 0 Å². The molecule has 0 spiro atoms. The summed E-state index contributed by atoms with van der Waals surface area (Å²) < 4.78 is 5.48. The van der Waals surface area contributed by atoms with Crippen molar-refractivity contribution in [1.82, 2.24) is 4.98 Å². The Morgan fingerprint density at radius 2 is 2.06 bits per heavy atom. The monoisotopic (exact) mass is 268 g/mol. The van der Waals surface area contributed by atoms with E-state index in [1.807, 2.05) is 13.8 Å². The molecule has 1 saturated carbocycles. The molecule has 1 aliphatic rings. The van der Waals surface area contributed by atoms with Crippen LogP contribution in [0.15, 0.2) is 5.38 Å². The Balaban J connectivity index is 2.20. The molecule has 18 heavy (non-hydrogen) atoms. The van der Waals surface area contributed by atoms with Gasteiger partial charge in [-0.3, -0.25) is 0 Å². The summed E-state index contributed by atoms with van der Waals surface area (Å²) in [6.07, 6.45) is 4.52. The van der Waals surface area contributed by atoms with Gasteiger partial charge in [0, 0.05) is 12.5 Å². The molecule has 0 aliphatic heterocycles. The van der Waals surface area contributed by atoms with Crippen LogP contribution in [0.25, 0.3) is 0 Å². The van der Waals surface area contributed by atoms with Crippen molar-refractivity contribution in [2.24, 2.45) is 11.7 Å². The predicted octanol–water partition coefficient (Wildman–Crippen LogP) is 3.39. The van der Waals surface area contributed by atoms with Gasteiger partial charge in [0.15, 0.2) is 0 Å². The van der Waals surface area contributed by atoms with E-state index in [1.165, 1.54) is 12.8 Å². The fourth-order valence-corrected chi connectivity index (χ4v) is 3.52. The molecule has 1 heterocycles. The first-order chi connectivity index (χ1) is 8.37. The summed E-state index contributed by atoms with van der Waals surface area (Å²) in [5, 5.41) is 3.17. The van der Waals surface area contributed by atoms with Crippen molar-refractivity contribution in [1.29, 1.82) is 0 Å². The largest absolute Gasteiger partial charge is 0.372 e. The number of ether oxygens (including phenoxy) is 1. The molecule has 1 aliphatic carbocycles. The molecule has 1 aromatic rings. The maximum atomic E-state index is 6.55. The van der Waals surface area contributed by atoms with Gasteiger partial charge in [-0.1, -0.05) is 6.92 Å². The van der Waals surface area contributed by atoms with Gasteiger partial charge in [0.1, 0.15) is 10.6 Å². The zero-order valence-electron chi connectivity index (χ0n) is 11.8. The van der Waals surface area contributed by atoms with Crippen LogP contribution in [0.2, 0.25) is 0 Å². The molecule has 0 bridgehead atoms. The normalized spacial score (nSPS) is 29.5. The third-order valence-electron chi connectivity index (χ3n) is 4.22. The fraction of sp³-hybridized carbons (Fsp3) is 0.786. The van der Waals surface area contributed by atoms with Crippen molar-refractivity contribution in [3.8, 4) is 0 Å². The van der Waals surface area contributed by atoms with Crippen molar-refractivity contribution in [2.45, 2.75) is 57.6 Å². The van der Waals surface area contributed by atoms with E-state index < -0.39 is 0 Å². The highest BCUT2D eigenvalue weighted by molar-refractivity contribution is 7.09. The van der Waals surface area contributed by atoms with E-state index in [9.17, 15) is 0 Å². The highest BCUT2D eigenvalue weighted by Gasteiger charge is 2.35. The Hall–Kier alpha value is -0.450. The number of thiazole rings is 1. The van der Waals surface area contributed by atoms with Gasteiger partial charge in [0.2, 0.25) is 0 Å². The van der Waals surface area contributed by atoms with E-state index in [0.717, 1.165) is 29.5 Å². The first-order valence-electron chi connectivity index (χ1n) is 6.68. The summed E-state index contributed by atoms with van der Waals surface area (Å²) >= 11 is 1.68. The lowest BCUT2D eigenvalue weighted by Crippen LogP contribution is -2.40. The molecule has 102 valence electrons. The first-order valence-corrected chi connectivity index (χ1v) is 7.56. The van der Waals surface area contributed by atoms with Crippen LogP contribution in [-0.4, -0.2) is 12.1 Å². The van der Waals surface area contributed by atoms with Crippen LogP contribution in [0.4, 0.5) is 0 Å². The lowest BCUT2D eigenvalue weighted by Gasteiger charge is -2.34. The van der Waals surface area contributed by atoms with E-state index in [2.05, 4.69) is 12.3 Å². The van der Waals surface area contributed by atoms with Gasteiger partial charge in [-0.15, -0.1) is 11.3 Å². The molecular formula is C14H24N2OS. The van der Waals surface area contributed by atoms with Gasteiger partial charge in [-0.05, 0) is 45.4 Å². The minimum absolute atomic E-state index is 0.209. The molecular weight excluding hydrogens is 244 g/mol. The first kappa shape index (κ1) is 14.0. The van der Waals surface area contributed by atoms with Crippen molar-refractivity contribution in [3.05, 3.63) is 16.1 Å². The Morgan fingerprint density at radius 1 is 1.44 bits per heavy atom. The predicted molar refractivity (Wildman–Crippen MR) is 75.6 cm³/mol. The molecule has 1 fully saturated rings. The number of hydrogen-bond donors (Lipinski definition) is 1. The topological polar surface area (TPSA) is 48.1 Å². The van der Waals surface area contributed by atoms with Gasteiger partial charge in [-0.25, -0.2) is 4.98 Å². The molecule has 2 N–H and O–H groups in total. The second kappa shape index (κ2) is 4.91. The molecule has 0 radical (unpaired) electrons. The van der Waals surface area contributed by atoms with E-state index in [-0.39, 0.29) is 11.1 Å². The van der Waals surface area contributed by atoms with Crippen LogP contribution >= 0.6 is 11.3 Å². The average molecular weight is 268 g/mol. The third kappa shape index (κ3) is 2.60. The fourth-order valence-electron chi connectivity index (χ4n) is 2.37. The summed E-state index contributed by atoms with van der Waals surface area (Å²) in [6.45, 7) is 6.39. The summed E-state index contributed by atoms with van der Waals surface area (Å²) in [6, 6.07) is 0. The van der Waals surface area contributed by atoms with Crippen molar-refractivity contribution < 1.29 is 4.74 Å². The minimum atomic E-state index is -0.326. The zero-order chi connectivity index (χ0) is 13.4.